The second kappa shape index (κ2) is 7.33. The number of aliphatic hydroxyl groups excluding tert-OH is 1. The quantitative estimate of drug-likeness (QED) is 0.852. The molecule has 2 aliphatic heterocycles. The second-order valence-corrected chi connectivity index (χ2v) is 9.83. The molecule has 1 N–H and O–H groups in total. The predicted molar refractivity (Wildman–Crippen MR) is 113 cm³/mol. The molecular weight excluding hydrogens is 366 g/mol. The minimum absolute atomic E-state index is 0.190. The summed E-state index contributed by atoms with van der Waals surface area (Å²) in [6, 6.07) is 8.24. The van der Waals surface area contributed by atoms with E-state index in [1.165, 1.54) is 5.69 Å². The molecule has 1 spiro atoms. The van der Waals surface area contributed by atoms with Crippen molar-refractivity contribution >= 4 is 11.6 Å². The van der Waals surface area contributed by atoms with Gasteiger partial charge in [-0.1, -0.05) is 6.07 Å². The number of hydrogen-bond acceptors (Lipinski definition) is 4. The molecule has 0 aromatic carbocycles. The smallest absolute Gasteiger partial charge is 0.410 e. The number of hydrogen-bond donors (Lipinski definition) is 1. The van der Waals surface area contributed by atoms with E-state index in [9.17, 15) is 9.90 Å². The lowest BCUT2D eigenvalue weighted by Crippen LogP contribution is -2.60. The SMILES string of the molecule is CC(O)c1cc2ccccn2c1CN1CC2(CCN(C(=O)OC(C)(C)C)CC2)C1. The van der Waals surface area contributed by atoms with Crippen LogP contribution in [0, 0.1) is 5.41 Å². The van der Waals surface area contributed by atoms with Gasteiger partial charge in [-0.3, -0.25) is 4.90 Å². The second-order valence-electron chi connectivity index (χ2n) is 9.83. The molecule has 0 radical (unpaired) electrons. The third-order valence-electron chi connectivity index (χ3n) is 6.24. The highest BCUT2D eigenvalue weighted by Gasteiger charge is 2.46. The number of carbonyl (C=O) groups excluding carboxylic acids is 1. The molecule has 4 heterocycles. The van der Waals surface area contributed by atoms with E-state index in [0.717, 1.165) is 56.6 Å². The number of aromatic nitrogens is 1. The minimum Gasteiger partial charge on any atom is -0.444 e. The van der Waals surface area contributed by atoms with E-state index >= 15 is 0 Å². The van der Waals surface area contributed by atoms with Gasteiger partial charge in [0, 0.05) is 55.7 Å². The van der Waals surface area contributed by atoms with Crippen molar-refractivity contribution in [3.8, 4) is 0 Å². The Kier molecular flexibility index (Phi) is 5.11. The van der Waals surface area contributed by atoms with Crippen LogP contribution in [-0.4, -0.2) is 57.2 Å². The Morgan fingerprint density at radius 3 is 2.55 bits per heavy atom. The largest absolute Gasteiger partial charge is 0.444 e. The Hall–Kier alpha value is -2.05. The van der Waals surface area contributed by atoms with Crippen LogP contribution in [0.15, 0.2) is 30.5 Å². The summed E-state index contributed by atoms with van der Waals surface area (Å²) in [5.41, 5.74) is 3.19. The number of carbonyl (C=O) groups is 1. The highest BCUT2D eigenvalue weighted by molar-refractivity contribution is 5.68. The first-order valence-corrected chi connectivity index (χ1v) is 10.6. The molecule has 2 aliphatic rings. The summed E-state index contributed by atoms with van der Waals surface area (Å²) in [5, 5.41) is 10.2. The zero-order valence-corrected chi connectivity index (χ0v) is 18.0. The van der Waals surface area contributed by atoms with E-state index in [2.05, 4.69) is 27.6 Å². The Bertz CT molecular complexity index is 880. The van der Waals surface area contributed by atoms with Gasteiger partial charge in [0.25, 0.3) is 0 Å². The van der Waals surface area contributed by atoms with Gasteiger partial charge in [0.05, 0.1) is 6.10 Å². The zero-order chi connectivity index (χ0) is 20.8. The predicted octanol–water partition coefficient (Wildman–Crippen LogP) is 3.83. The lowest BCUT2D eigenvalue weighted by molar-refractivity contribution is -0.0558. The van der Waals surface area contributed by atoms with Gasteiger partial charge in [-0.15, -0.1) is 0 Å². The van der Waals surface area contributed by atoms with E-state index < -0.39 is 11.7 Å². The van der Waals surface area contributed by atoms with E-state index in [0.29, 0.717) is 5.41 Å². The third kappa shape index (κ3) is 4.14. The van der Waals surface area contributed by atoms with Gasteiger partial charge in [-0.25, -0.2) is 4.79 Å². The molecule has 2 aromatic heterocycles. The number of rotatable bonds is 3. The fourth-order valence-electron chi connectivity index (χ4n) is 4.76. The summed E-state index contributed by atoms with van der Waals surface area (Å²) in [6.07, 6.45) is 3.47. The van der Waals surface area contributed by atoms with E-state index in [-0.39, 0.29) is 6.09 Å². The number of fused-ring (bicyclic) bond motifs is 1. The van der Waals surface area contributed by atoms with Crippen LogP contribution in [0.4, 0.5) is 4.79 Å². The summed E-state index contributed by atoms with van der Waals surface area (Å²) < 4.78 is 7.71. The highest BCUT2D eigenvalue weighted by Crippen LogP contribution is 2.41. The number of aliphatic hydroxyl groups is 1. The highest BCUT2D eigenvalue weighted by atomic mass is 16.6. The Morgan fingerprint density at radius 1 is 1.24 bits per heavy atom. The molecule has 29 heavy (non-hydrogen) atoms. The first-order valence-electron chi connectivity index (χ1n) is 10.6. The molecule has 2 fully saturated rings. The average molecular weight is 400 g/mol. The Morgan fingerprint density at radius 2 is 1.93 bits per heavy atom. The van der Waals surface area contributed by atoms with Crippen molar-refractivity contribution in [2.75, 3.05) is 26.2 Å². The van der Waals surface area contributed by atoms with Crippen molar-refractivity contribution in [2.45, 2.75) is 58.8 Å². The molecule has 1 atom stereocenters. The normalized spacial score (nSPS) is 20.7. The fraction of sp³-hybridized carbons (Fsp3) is 0.609. The number of nitrogens with zero attached hydrogens (tertiary/aromatic N) is 3. The van der Waals surface area contributed by atoms with Gasteiger partial charge in [0.2, 0.25) is 0 Å². The van der Waals surface area contributed by atoms with Gasteiger partial charge in [0.15, 0.2) is 0 Å². The molecule has 0 saturated carbocycles. The molecular formula is C23H33N3O3. The molecule has 2 aromatic rings. The monoisotopic (exact) mass is 399 g/mol. The van der Waals surface area contributed by atoms with Crippen LogP contribution in [0.25, 0.3) is 5.52 Å². The molecule has 4 rings (SSSR count). The van der Waals surface area contributed by atoms with Crippen LogP contribution < -0.4 is 0 Å². The Labute approximate surface area is 173 Å². The first-order chi connectivity index (χ1) is 13.7. The maximum absolute atomic E-state index is 12.3. The zero-order valence-electron chi connectivity index (χ0n) is 18.0. The lowest BCUT2D eigenvalue weighted by Gasteiger charge is -2.54. The van der Waals surface area contributed by atoms with Gasteiger partial charge < -0.3 is 19.1 Å². The van der Waals surface area contributed by atoms with E-state index in [4.69, 9.17) is 4.74 Å². The molecule has 0 bridgehead atoms. The number of amides is 1. The number of piperidine rings is 1. The van der Waals surface area contributed by atoms with Crippen LogP contribution >= 0.6 is 0 Å². The van der Waals surface area contributed by atoms with Crippen LogP contribution in [0.3, 0.4) is 0 Å². The van der Waals surface area contributed by atoms with Crippen LogP contribution in [0.2, 0.25) is 0 Å². The third-order valence-corrected chi connectivity index (χ3v) is 6.24. The molecule has 158 valence electrons. The fourth-order valence-corrected chi connectivity index (χ4v) is 4.76. The summed E-state index contributed by atoms with van der Waals surface area (Å²) in [4.78, 5) is 16.6. The summed E-state index contributed by atoms with van der Waals surface area (Å²) >= 11 is 0. The standard InChI is InChI=1S/C23H33N3O3/c1-17(27)19-13-18-7-5-6-10-26(18)20(19)14-24-15-23(16-24)8-11-25(12-9-23)21(28)29-22(2,3)4/h5-7,10,13,17,27H,8-9,11-12,14-16H2,1-4H3. The molecule has 6 nitrogen and oxygen atoms in total. The lowest BCUT2D eigenvalue weighted by atomic mass is 9.72. The maximum Gasteiger partial charge on any atom is 0.410 e. The van der Waals surface area contributed by atoms with E-state index in [1.807, 2.05) is 44.7 Å². The van der Waals surface area contributed by atoms with Crippen molar-refractivity contribution in [1.29, 1.82) is 0 Å². The molecule has 2 saturated heterocycles. The Balaban J connectivity index is 1.36. The van der Waals surface area contributed by atoms with E-state index in [1.54, 1.807) is 0 Å². The van der Waals surface area contributed by atoms with Crippen LogP contribution in [-0.2, 0) is 11.3 Å². The first kappa shape index (κ1) is 20.2. The van der Waals surface area contributed by atoms with Crippen molar-refractivity contribution in [2.24, 2.45) is 5.41 Å². The summed E-state index contributed by atoms with van der Waals surface area (Å²) in [7, 11) is 0. The van der Waals surface area contributed by atoms with Gasteiger partial charge >= 0.3 is 6.09 Å². The number of pyridine rings is 1. The number of likely N-dealkylation sites (tertiary alicyclic amines) is 2. The summed E-state index contributed by atoms with van der Waals surface area (Å²) in [5.74, 6) is 0. The van der Waals surface area contributed by atoms with Crippen molar-refractivity contribution in [1.82, 2.24) is 14.2 Å². The topological polar surface area (TPSA) is 57.4 Å². The molecule has 1 unspecified atom stereocenters. The van der Waals surface area contributed by atoms with Crippen molar-refractivity contribution in [3.63, 3.8) is 0 Å². The minimum atomic E-state index is -0.475. The average Bonchev–Trinajstić information content (AvgIpc) is 2.98. The van der Waals surface area contributed by atoms with Gasteiger partial charge in [-0.05, 0) is 64.2 Å². The molecule has 0 aliphatic carbocycles. The van der Waals surface area contributed by atoms with Crippen molar-refractivity contribution < 1.29 is 14.6 Å². The molecule has 6 heteroatoms. The summed E-state index contributed by atoms with van der Waals surface area (Å²) in [6.45, 7) is 12.1. The maximum atomic E-state index is 12.3. The van der Waals surface area contributed by atoms with Gasteiger partial charge in [-0.2, -0.15) is 0 Å². The van der Waals surface area contributed by atoms with Crippen molar-refractivity contribution in [3.05, 3.63) is 41.7 Å². The van der Waals surface area contributed by atoms with Gasteiger partial charge in [0.1, 0.15) is 5.60 Å². The molecule has 1 amide bonds. The van der Waals surface area contributed by atoms with Crippen LogP contribution in [0.1, 0.15) is 57.9 Å². The van der Waals surface area contributed by atoms with Crippen LogP contribution in [0.5, 0.6) is 0 Å². The number of ether oxygens (including phenoxy) is 1.